The van der Waals surface area contributed by atoms with Crippen LogP contribution in [0.3, 0.4) is 0 Å². The number of primary amides is 1. The fraction of sp³-hybridized carbons (Fsp3) is 0.588. The van der Waals surface area contributed by atoms with Gasteiger partial charge in [-0.3, -0.25) is 4.79 Å². The van der Waals surface area contributed by atoms with Gasteiger partial charge in [0.05, 0.1) is 5.92 Å². The van der Waals surface area contributed by atoms with Crippen molar-refractivity contribution in [1.82, 2.24) is 5.32 Å². The predicted octanol–water partition coefficient (Wildman–Crippen LogP) is 2.99. The van der Waals surface area contributed by atoms with Gasteiger partial charge in [0.25, 0.3) is 0 Å². The van der Waals surface area contributed by atoms with Crippen molar-refractivity contribution < 1.29 is 4.79 Å². The van der Waals surface area contributed by atoms with E-state index in [0.717, 1.165) is 24.9 Å². The van der Waals surface area contributed by atoms with Crippen LogP contribution in [-0.2, 0) is 11.2 Å². The Balaban J connectivity index is 2.78. The third kappa shape index (κ3) is 4.97. The van der Waals surface area contributed by atoms with Gasteiger partial charge in [0.15, 0.2) is 0 Å². The third-order valence-electron chi connectivity index (χ3n) is 3.68. The lowest BCUT2D eigenvalue weighted by atomic mass is 9.90. The maximum absolute atomic E-state index is 11.7. The van der Waals surface area contributed by atoms with Crippen LogP contribution in [-0.4, -0.2) is 18.5 Å². The number of carbonyl (C=O) groups excluding carboxylic acids is 1. The zero-order valence-electron chi connectivity index (χ0n) is 13.0. The summed E-state index contributed by atoms with van der Waals surface area (Å²) in [5, 5.41) is 3.36. The van der Waals surface area contributed by atoms with Gasteiger partial charge < -0.3 is 11.1 Å². The van der Waals surface area contributed by atoms with E-state index in [1.54, 1.807) is 0 Å². The molecule has 0 aliphatic heterocycles. The molecule has 0 bridgehead atoms. The summed E-state index contributed by atoms with van der Waals surface area (Å²) in [5.74, 6) is -0.524. The fourth-order valence-electron chi connectivity index (χ4n) is 2.46. The molecule has 1 unspecified atom stereocenters. The first-order chi connectivity index (χ1) is 9.60. The smallest absolute Gasteiger partial charge is 0.226 e. The molecule has 0 radical (unpaired) electrons. The summed E-state index contributed by atoms with van der Waals surface area (Å²) in [6.45, 7) is 7.23. The monoisotopic (exact) mass is 276 g/mol. The lowest BCUT2D eigenvalue weighted by Gasteiger charge is -2.23. The summed E-state index contributed by atoms with van der Waals surface area (Å²) in [6, 6.07) is 8.39. The number of aryl methyl sites for hydroxylation is 1. The quantitative estimate of drug-likeness (QED) is 0.728. The number of hydrogen-bond donors (Lipinski definition) is 2. The number of hydrogen-bond acceptors (Lipinski definition) is 2. The molecule has 20 heavy (non-hydrogen) atoms. The molecule has 3 nitrogen and oxygen atoms in total. The van der Waals surface area contributed by atoms with Crippen LogP contribution in [0.1, 0.15) is 57.1 Å². The van der Waals surface area contributed by atoms with E-state index >= 15 is 0 Å². The molecule has 0 heterocycles. The van der Waals surface area contributed by atoms with E-state index < -0.39 is 0 Å². The number of benzene rings is 1. The van der Waals surface area contributed by atoms with Crippen molar-refractivity contribution in [3.63, 3.8) is 0 Å². The lowest BCUT2D eigenvalue weighted by Crippen LogP contribution is -2.39. The predicted molar refractivity (Wildman–Crippen MR) is 84.7 cm³/mol. The number of carbonyl (C=O) groups is 1. The van der Waals surface area contributed by atoms with Crippen LogP contribution in [0.4, 0.5) is 0 Å². The average molecular weight is 276 g/mol. The molecule has 0 aliphatic carbocycles. The summed E-state index contributed by atoms with van der Waals surface area (Å²) < 4.78 is 0. The zero-order valence-corrected chi connectivity index (χ0v) is 13.0. The number of rotatable bonds is 9. The summed E-state index contributed by atoms with van der Waals surface area (Å²) in [5.41, 5.74) is 7.92. The van der Waals surface area contributed by atoms with Gasteiger partial charge >= 0.3 is 0 Å². The molecule has 0 spiro atoms. The van der Waals surface area contributed by atoms with Crippen LogP contribution in [0.15, 0.2) is 24.3 Å². The molecule has 1 aromatic carbocycles. The first-order valence-corrected chi connectivity index (χ1v) is 7.71. The molecule has 0 saturated carbocycles. The first-order valence-electron chi connectivity index (χ1n) is 7.71. The zero-order chi connectivity index (χ0) is 15.0. The van der Waals surface area contributed by atoms with Gasteiger partial charge in [-0.25, -0.2) is 0 Å². The topological polar surface area (TPSA) is 55.1 Å². The Bertz CT molecular complexity index is 400. The minimum atomic E-state index is -0.262. The van der Waals surface area contributed by atoms with Gasteiger partial charge in [-0.1, -0.05) is 44.5 Å². The fourth-order valence-corrected chi connectivity index (χ4v) is 2.46. The largest absolute Gasteiger partial charge is 0.369 e. The average Bonchev–Trinajstić information content (AvgIpc) is 2.44. The van der Waals surface area contributed by atoms with Crippen LogP contribution in [0.2, 0.25) is 0 Å². The van der Waals surface area contributed by atoms with E-state index in [-0.39, 0.29) is 17.9 Å². The molecule has 2 atom stereocenters. The number of nitrogens with one attached hydrogen (secondary N) is 1. The van der Waals surface area contributed by atoms with Crippen LogP contribution < -0.4 is 11.1 Å². The molecular weight excluding hydrogens is 248 g/mol. The van der Waals surface area contributed by atoms with E-state index in [4.69, 9.17) is 5.73 Å². The Kier molecular flexibility index (Phi) is 7.31. The molecule has 1 aromatic rings. The highest BCUT2D eigenvalue weighted by Gasteiger charge is 2.24. The molecule has 3 heteroatoms. The molecular formula is C17H28N2O. The van der Waals surface area contributed by atoms with Gasteiger partial charge in [-0.15, -0.1) is 0 Å². The third-order valence-corrected chi connectivity index (χ3v) is 3.68. The van der Waals surface area contributed by atoms with Crippen molar-refractivity contribution in [2.24, 2.45) is 5.73 Å². The standard InChI is InChI=1S/C17H28N2O/c1-4-6-7-14-8-10-15(11-9-14)16(17(18)20)13(3)19-12-5-2/h8-11,13,16,19H,4-7,12H2,1-3H3,(H2,18,20)/t13-,16?/m0/s1. The van der Waals surface area contributed by atoms with Crippen LogP contribution in [0, 0.1) is 0 Å². The highest BCUT2D eigenvalue weighted by atomic mass is 16.1. The normalized spacial score (nSPS) is 13.9. The van der Waals surface area contributed by atoms with E-state index in [0.29, 0.717) is 0 Å². The maximum atomic E-state index is 11.7. The Morgan fingerprint density at radius 3 is 2.35 bits per heavy atom. The number of amides is 1. The Morgan fingerprint density at radius 1 is 1.20 bits per heavy atom. The second-order valence-corrected chi connectivity index (χ2v) is 5.47. The number of unbranched alkanes of at least 4 members (excludes halogenated alkanes) is 1. The van der Waals surface area contributed by atoms with Crippen LogP contribution >= 0.6 is 0 Å². The molecule has 0 fully saturated rings. The van der Waals surface area contributed by atoms with Crippen molar-refractivity contribution in [2.45, 2.75) is 58.4 Å². The molecule has 0 aromatic heterocycles. The second-order valence-electron chi connectivity index (χ2n) is 5.47. The van der Waals surface area contributed by atoms with Gasteiger partial charge in [0.2, 0.25) is 5.91 Å². The molecule has 112 valence electrons. The van der Waals surface area contributed by atoms with Crippen molar-refractivity contribution >= 4 is 5.91 Å². The van der Waals surface area contributed by atoms with Crippen molar-refractivity contribution in [3.05, 3.63) is 35.4 Å². The lowest BCUT2D eigenvalue weighted by molar-refractivity contribution is -0.120. The second kappa shape index (κ2) is 8.75. The van der Waals surface area contributed by atoms with Crippen LogP contribution in [0.25, 0.3) is 0 Å². The Morgan fingerprint density at radius 2 is 1.85 bits per heavy atom. The van der Waals surface area contributed by atoms with E-state index in [2.05, 4.69) is 31.3 Å². The Hall–Kier alpha value is -1.35. The SMILES string of the molecule is CCCCc1ccc(C(C(N)=O)[C@H](C)NCCC)cc1. The van der Waals surface area contributed by atoms with Gasteiger partial charge in [0.1, 0.15) is 0 Å². The molecule has 3 N–H and O–H groups in total. The molecule has 1 amide bonds. The van der Waals surface area contributed by atoms with E-state index in [9.17, 15) is 4.79 Å². The number of nitrogens with two attached hydrogens (primary N) is 1. The summed E-state index contributed by atoms with van der Waals surface area (Å²) in [7, 11) is 0. The van der Waals surface area contributed by atoms with Crippen LogP contribution in [0.5, 0.6) is 0 Å². The molecule has 0 saturated heterocycles. The van der Waals surface area contributed by atoms with E-state index in [1.807, 2.05) is 19.1 Å². The highest BCUT2D eigenvalue weighted by Crippen LogP contribution is 2.21. The Labute approximate surface area is 122 Å². The highest BCUT2D eigenvalue weighted by molar-refractivity contribution is 5.82. The van der Waals surface area contributed by atoms with Crippen molar-refractivity contribution in [1.29, 1.82) is 0 Å². The molecule has 0 aliphatic rings. The minimum Gasteiger partial charge on any atom is -0.369 e. The van der Waals surface area contributed by atoms with Gasteiger partial charge in [-0.05, 0) is 43.9 Å². The van der Waals surface area contributed by atoms with Gasteiger partial charge in [-0.2, -0.15) is 0 Å². The van der Waals surface area contributed by atoms with Crippen molar-refractivity contribution in [3.8, 4) is 0 Å². The maximum Gasteiger partial charge on any atom is 0.226 e. The molecule has 1 rings (SSSR count). The minimum absolute atomic E-state index is 0.0638. The van der Waals surface area contributed by atoms with E-state index in [1.165, 1.54) is 18.4 Å². The van der Waals surface area contributed by atoms with Crippen molar-refractivity contribution in [2.75, 3.05) is 6.54 Å². The summed E-state index contributed by atoms with van der Waals surface area (Å²) in [6.07, 6.45) is 4.55. The van der Waals surface area contributed by atoms with Gasteiger partial charge in [0, 0.05) is 6.04 Å². The summed E-state index contributed by atoms with van der Waals surface area (Å²) in [4.78, 5) is 11.7. The summed E-state index contributed by atoms with van der Waals surface area (Å²) >= 11 is 0. The first kappa shape index (κ1) is 16.7.